The maximum Gasteiger partial charge on any atom is 0.321 e. The minimum atomic E-state index is -0.622. The first kappa shape index (κ1) is 14.6. The molecule has 2 atom stereocenters. The summed E-state index contributed by atoms with van der Waals surface area (Å²) >= 11 is 0. The van der Waals surface area contributed by atoms with Crippen molar-refractivity contribution in [1.29, 1.82) is 0 Å². The Kier molecular flexibility index (Phi) is 3.71. The van der Waals surface area contributed by atoms with E-state index in [1.807, 2.05) is 0 Å². The molecule has 23 heavy (non-hydrogen) atoms. The summed E-state index contributed by atoms with van der Waals surface area (Å²) in [4.78, 5) is 36.0. The Morgan fingerprint density at radius 3 is 2.87 bits per heavy atom. The number of carbonyl (C=O) groups is 3. The van der Waals surface area contributed by atoms with Gasteiger partial charge in [0.1, 0.15) is 24.6 Å². The average molecular weight is 318 g/mol. The van der Waals surface area contributed by atoms with Crippen LogP contribution in [0.1, 0.15) is 5.56 Å². The monoisotopic (exact) mass is 318 g/mol. The Hall–Kier alpha value is -3.30. The maximum absolute atomic E-state index is 11.8. The van der Waals surface area contributed by atoms with Crippen molar-refractivity contribution in [2.75, 3.05) is 6.54 Å². The van der Waals surface area contributed by atoms with E-state index in [0.717, 1.165) is 0 Å². The van der Waals surface area contributed by atoms with Gasteiger partial charge in [-0.3, -0.25) is 9.69 Å². The SMILES string of the molecule is O=C(CN1C(=O)N[C@H]2NC(=O)N[C@@H]21)N/N=C\c1ccccc1O. The molecule has 2 fully saturated rings. The fourth-order valence-electron chi connectivity index (χ4n) is 2.33. The number of hydrazone groups is 1. The summed E-state index contributed by atoms with van der Waals surface area (Å²) in [5.74, 6) is -0.499. The van der Waals surface area contributed by atoms with Crippen molar-refractivity contribution in [3.63, 3.8) is 0 Å². The van der Waals surface area contributed by atoms with E-state index in [2.05, 4.69) is 26.5 Å². The van der Waals surface area contributed by atoms with Gasteiger partial charge in [0.2, 0.25) is 0 Å². The summed E-state index contributed by atoms with van der Waals surface area (Å²) in [6, 6.07) is 5.62. The normalized spacial score (nSPS) is 22.5. The van der Waals surface area contributed by atoms with Crippen molar-refractivity contribution in [3.05, 3.63) is 29.8 Å². The van der Waals surface area contributed by atoms with Gasteiger partial charge in [0.05, 0.1) is 6.21 Å². The molecule has 3 rings (SSSR count). The van der Waals surface area contributed by atoms with Crippen LogP contribution in [0.15, 0.2) is 29.4 Å². The number of rotatable bonds is 4. The molecule has 2 heterocycles. The van der Waals surface area contributed by atoms with Gasteiger partial charge >= 0.3 is 12.1 Å². The van der Waals surface area contributed by atoms with Gasteiger partial charge in [-0.05, 0) is 12.1 Å². The number of nitrogens with one attached hydrogen (secondary N) is 4. The van der Waals surface area contributed by atoms with Crippen LogP contribution in [-0.2, 0) is 4.79 Å². The molecular weight excluding hydrogens is 304 g/mol. The smallest absolute Gasteiger partial charge is 0.321 e. The first-order valence-electron chi connectivity index (χ1n) is 6.78. The van der Waals surface area contributed by atoms with Crippen LogP contribution >= 0.6 is 0 Å². The van der Waals surface area contributed by atoms with E-state index in [4.69, 9.17) is 0 Å². The summed E-state index contributed by atoms with van der Waals surface area (Å²) in [5.41, 5.74) is 2.71. The lowest BCUT2D eigenvalue weighted by Crippen LogP contribution is -2.47. The van der Waals surface area contributed by atoms with Crippen molar-refractivity contribution in [1.82, 2.24) is 26.3 Å². The van der Waals surface area contributed by atoms with Crippen LogP contribution in [0.2, 0.25) is 0 Å². The number of nitrogens with zero attached hydrogens (tertiary/aromatic N) is 2. The quantitative estimate of drug-likeness (QED) is 0.353. The second-order valence-corrected chi connectivity index (χ2v) is 4.97. The number of hydrogen-bond acceptors (Lipinski definition) is 5. The van der Waals surface area contributed by atoms with Crippen LogP contribution < -0.4 is 21.4 Å². The van der Waals surface area contributed by atoms with Gasteiger partial charge < -0.3 is 21.1 Å². The number of aromatic hydroxyl groups is 1. The molecule has 5 N–H and O–H groups in total. The molecule has 5 amide bonds. The number of phenolic OH excluding ortho intramolecular Hbond substituents is 1. The lowest BCUT2D eigenvalue weighted by molar-refractivity contribution is -0.121. The number of amides is 5. The molecule has 2 saturated heterocycles. The van der Waals surface area contributed by atoms with Crippen LogP contribution in [0.3, 0.4) is 0 Å². The predicted molar refractivity (Wildman–Crippen MR) is 78.3 cm³/mol. The Balaban J connectivity index is 1.56. The Bertz CT molecular complexity index is 691. The van der Waals surface area contributed by atoms with Crippen LogP contribution in [0.5, 0.6) is 5.75 Å². The third-order valence-corrected chi connectivity index (χ3v) is 3.40. The number of urea groups is 2. The summed E-state index contributed by atoms with van der Waals surface area (Å²) in [5, 5.41) is 20.9. The number of carbonyl (C=O) groups excluding carboxylic acids is 3. The zero-order valence-electron chi connectivity index (χ0n) is 11.8. The molecule has 120 valence electrons. The van der Waals surface area contributed by atoms with Crippen molar-refractivity contribution in [2.45, 2.75) is 12.3 Å². The van der Waals surface area contributed by atoms with E-state index in [-0.39, 0.29) is 12.3 Å². The van der Waals surface area contributed by atoms with Gasteiger partial charge in [-0.2, -0.15) is 5.10 Å². The van der Waals surface area contributed by atoms with E-state index in [1.165, 1.54) is 17.2 Å². The Labute approximate surface area is 130 Å². The number of benzene rings is 1. The van der Waals surface area contributed by atoms with Crippen LogP contribution in [-0.4, -0.2) is 53.1 Å². The van der Waals surface area contributed by atoms with Crippen LogP contribution in [0.25, 0.3) is 0 Å². The van der Waals surface area contributed by atoms with E-state index < -0.39 is 30.3 Å². The maximum atomic E-state index is 11.8. The molecule has 0 aromatic heterocycles. The van der Waals surface area contributed by atoms with E-state index >= 15 is 0 Å². The number of hydrogen-bond donors (Lipinski definition) is 5. The second kappa shape index (κ2) is 5.83. The van der Waals surface area contributed by atoms with Crippen molar-refractivity contribution >= 4 is 24.2 Å². The number of phenols is 1. The first-order valence-corrected chi connectivity index (χ1v) is 6.78. The largest absolute Gasteiger partial charge is 0.507 e. The molecule has 10 heteroatoms. The average Bonchev–Trinajstić information content (AvgIpc) is 2.98. The highest BCUT2D eigenvalue weighted by Crippen LogP contribution is 2.14. The number of fused-ring (bicyclic) bond motifs is 1. The lowest BCUT2D eigenvalue weighted by Gasteiger charge is -2.19. The van der Waals surface area contributed by atoms with Crippen LogP contribution in [0.4, 0.5) is 9.59 Å². The molecule has 2 aliphatic heterocycles. The first-order chi connectivity index (χ1) is 11.0. The molecule has 0 spiro atoms. The molecule has 0 bridgehead atoms. The van der Waals surface area contributed by atoms with Crippen LogP contribution in [0, 0.1) is 0 Å². The minimum Gasteiger partial charge on any atom is -0.507 e. The highest BCUT2D eigenvalue weighted by atomic mass is 16.3. The fraction of sp³-hybridized carbons (Fsp3) is 0.231. The third kappa shape index (κ3) is 3.00. The fourth-order valence-corrected chi connectivity index (χ4v) is 2.33. The number of para-hydroxylation sites is 1. The summed E-state index contributed by atoms with van der Waals surface area (Å²) in [6.07, 6.45) is 0.106. The molecule has 1 aromatic carbocycles. The van der Waals surface area contributed by atoms with Crippen molar-refractivity contribution in [2.24, 2.45) is 5.10 Å². The molecule has 0 aliphatic carbocycles. The molecular formula is C13H14N6O4. The predicted octanol–water partition coefficient (Wildman–Crippen LogP) is -1.17. The molecule has 10 nitrogen and oxygen atoms in total. The second-order valence-electron chi connectivity index (χ2n) is 4.97. The van der Waals surface area contributed by atoms with Gasteiger partial charge in [-0.15, -0.1) is 0 Å². The van der Waals surface area contributed by atoms with Gasteiger partial charge in [0, 0.05) is 5.56 Å². The highest BCUT2D eigenvalue weighted by Gasteiger charge is 2.45. The minimum absolute atomic E-state index is 0.0343. The standard InChI is InChI=1S/C13H14N6O4/c20-8-4-2-1-3-7(8)5-14-18-9(21)6-19-11-10(16-13(19)23)15-12(22)17-11/h1-5,10-11,20H,6H2,(H,16,23)(H,18,21)(H2,15,17,22)/b14-5-/t10-,11-/m1/s1. The third-order valence-electron chi connectivity index (χ3n) is 3.40. The van der Waals surface area contributed by atoms with Gasteiger partial charge in [0.25, 0.3) is 5.91 Å². The summed E-state index contributed by atoms with van der Waals surface area (Å²) in [6.45, 7) is -0.271. The van der Waals surface area contributed by atoms with Gasteiger partial charge in [0.15, 0.2) is 0 Å². The zero-order chi connectivity index (χ0) is 16.4. The molecule has 1 aromatic rings. The van der Waals surface area contributed by atoms with E-state index in [1.54, 1.807) is 18.2 Å². The van der Waals surface area contributed by atoms with E-state index in [0.29, 0.717) is 5.56 Å². The van der Waals surface area contributed by atoms with Gasteiger partial charge in [-0.25, -0.2) is 15.0 Å². The molecule has 2 aliphatic rings. The Morgan fingerprint density at radius 2 is 2.09 bits per heavy atom. The summed E-state index contributed by atoms with van der Waals surface area (Å²) < 4.78 is 0. The highest BCUT2D eigenvalue weighted by molar-refractivity contribution is 5.89. The van der Waals surface area contributed by atoms with E-state index in [9.17, 15) is 19.5 Å². The molecule has 0 unspecified atom stereocenters. The lowest BCUT2D eigenvalue weighted by atomic mass is 10.2. The molecule has 0 saturated carbocycles. The Morgan fingerprint density at radius 1 is 1.30 bits per heavy atom. The van der Waals surface area contributed by atoms with Crippen molar-refractivity contribution < 1.29 is 19.5 Å². The van der Waals surface area contributed by atoms with Gasteiger partial charge in [-0.1, -0.05) is 12.1 Å². The topological polar surface area (TPSA) is 135 Å². The van der Waals surface area contributed by atoms with Crippen molar-refractivity contribution in [3.8, 4) is 5.75 Å². The summed E-state index contributed by atoms with van der Waals surface area (Å²) in [7, 11) is 0. The molecule has 0 radical (unpaired) electrons. The zero-order valence-corrected chi connectivity index (χ0v) is 11.8.